The van der Waals surface area contributed by atoms with Gasteiger partial charge in [0.1, 0.15) is 6.61 Å². The number of amides is 1. The molecule has 0 heterocycles. The monoisotopic (exact) mass is 434 g/mol. The number of rotatable bonds is 8. The molecule has 164 valence electrons. The molecule has 1 amide bonds. The number of hydrogen-bond acceptors (Lipinski definition) is 7. The van der Waals surface area contributed by atoms with Crippen molar-refractivity contribution < 1.29 is 19.2 Å². The number of ether oxygens (including phenoxy) is 2. The lowest BCUT2D eigenvalue weighted by molar-refractivity contribution is -0.386. The molecule has 9 nitrogen and oxygen atoms in total. The lowest BCUT2D eigenvalue weighted by atomic mass is 10.1. The predicted molar refractivity (Wildman–Crippen MR) is 121 cm³/mol. The highest BCUT2D eigenvalue weighted by molar-refractivity contribution is 5.95. The summed E-state index contributed by atoms with van der Waals surface area (Å²) in [5.74, 6) is -0.276. The molecule has 3 N–H and O–H groups in total. The van der Waals surface area contributed by atoms with Gasteiger partial charge in [-0.05, 0) is 36.8 Å². The number of benzene rings is 3. The van der Waals surface area contributed by atoms with E-state index in [0.29, 0.717) is 16.8 Å². The third kappa shape index (κ3) is 5.60. The molecule has 0 spiro atoms. The molecule has 3 aromatic rings. The SMILES string of the molecule is COc1cc(/C=N\NC(=O)c2cccc(N)c2)cc([N+](=O)[O-])c1OCc1ccc(C)cc1. The van der Waals surface area contributed by atoms with E-state index in [0.717, 1.165) is 11.1 Å². The van der Waals surface area contributed by atoms with Crippen molar-refractivity contribution in [3.8, 4) is 11.5 Å². The minimum atomic E-state index is -0.560. The summed E-state index contributed by atoms with van der Waals surface area (Å²) in [4.78, 5) is 23.2. The van der Waals surface area contributed by atoms with Gasteiger partial charge in [-0.1, -0.05) is 35.9 Å². The summed E-state index contributed by atoms with van der Waals surface area (Å²) >= 11 is 0. The second-order valence-electron chi connectivity index (χ2n) is 6.93. The number of nitro groups is 1. The minimum absolute atomic E-state index is 0.0130. The Morgan fingerprint density at radius 2 is 1.94 bits per heavy atom. The third-order valence-electron chi connectivity index (χ3n) is 4.51. The minimum Gasteiger partial charge on any atom is -0.493 e. The van der Waals surface area contributed by atoms with E-state index < -0.39 is 10.8 Å². The van der Waals surface area contributed by atoms with Crippen molar-refractivity contribution in [3.05, 3.63) is 93.0 Å². The Kier molecular flexibility index (Phi) is 7.02. The zero-order valence-corrected chi connectivity index (χ0v) is 17.6. The highest BCUT2D eigenvalue weighted by atomic mass is 16.6. The lowest BCUT2D eigenvalue weighted by Gasteiger charge is -2.12. The summed E-state index contributed by atoms with van der Waals surface area (Å²) in [6.45, 7) is 2.11. The van der Waals surface area contributed by atoms with Crippen molar-refractivity contribution >= 4 is 23.5 Å². The first kappa shape index (κ1) is 22.3. The Balaban J connectivity index is 1.79. The molecule has 0 atom stereocenters. The Morgan fingerprint density at radius 3 is 2.59 bits per heavy atom. The summed E-state index contributed by atoms with van der Waals surface area (Å²) in [7, 11) is 1.39. The van der Waals surface area contributed by atoms with Gasteiger partial charge in [0.2, 0.25) is 5.75 Å². The van der Waals surface area contributed by atoms with Crippen LogP contribution in [0.5, 0.6) is 11.5 Å². The van der Waals surface area contributed by atoms with E-state index in [1.807, 2.05) is 31.2 Å². The molecule has 0 fully saturated rings. The molecular formula is C23H22N4O5. The van der Waals surface area contributed by atoms with E-state index in [4.69, 9.17) is 15.2 Å². The van der Waals surface area contributed by atoms with Gasteiger partial charge in [-0.2, -0.15) is 5.10 Å². The molecule has 0 radical (unpaired) electrons. The number of aryl methyl sites for hydroxylation is 1. The maximum atomic E-state index is 12.1. The number of nitro benzene ring substituents is 1. The number of carbonyl (C=O) groups excluding carboxylic acids is 1. The highest BCUT2D eigenvalue weighted by Crippen LogP contribution is 2.38. The van der Waals surface area contributed by atoms with Crippen LogP contribution in [-0.4, -0.2) is 24.2 Å². The maximum Gasteiger partial charge on any atom is 0.315 e. The second kappa shape index (κ2) is 10.1. The number of nitrogens with zero attached hydrogens (tertiary/aromatic N) is 2. The first-order valence-corrected chi connectivity index (χ1v) is 9.61. The predicted octanol–water partition coefficient (Wildman–Crippen LogP) is 3.84. The number of methoxy groups -OCH3 is 1. The first-order chi connectivity index (χ1) is 15.4. The van der Waals surface area contributed by atoms with Gasteiger partial charge < -0.3 is 15.2 Å². The van der Waals surface area contributed by atoms with Crippen LogP contribution in [0.4, 0.5) is 11.4 Å². The van der Waals surface area contributed by atoms with Crippen molar-refractivity contribution in [2.24, 2.45) is 5.10 Å². The second-order valence-corrected chi connectivity index (χ2v) is 6.93. The van der Waals surface area contributed by atoms with Crippen LogP contribution in [0.2, 0.25) is 0 Å². The van der Waals surface area contributed by atoms with Crippen LogP contribution in [0.3, 0.4) is 0 Å². The summed E-state index contributed by atoms with van der Waals surface area (Å²) in [6.07, 6.45) is 1.28. The van der Waals surface area contributed by atoms with Crippen LogP contribution in [0, 0.1) is 17.0 Å². The van der Waals surface area contributed by atoms with Crippen LogP contribution in [0.15, 0.2) is 65.8 Å². The average molecular weight is 434 g/mol. The van der Waals surface area contributed by atoms with Crippen molar-refractivity contribution in [1.82, 2.24) is 5.43 Å². The fraction of sp³-hybridized carbons (Fsp3) is 0.130. The molecule has 3 aromatic carbocycles. The van der Waals surface area contributed by atoms with Gasteiger partial charge in [0.15, 0.2) is 5.75 Å². The van der Waals surface area contributed by atoms with Crippen molar-refractivity contribution in [2.45, 2.75) is 13.5 Å². The molecule has 0 aliphatic heterocycles. The van der Waals surface area contributed by atoms with E-state index >= 15 is 0 Å². The largest absolute Gasteiger partial charge is 0.493 e. The number of anilines is 1. The van der Waals surface area contributed by atoms with E-state index in [1.54, 1.807) is 18.2 Å². The normalized spacial score (nSPS) is 10.7. The maximum absolute atomic E-state index is 12.1. The molecule has 0 aliphatic rings. The number of nitrogens with two attached hydrogens (primary N) is 1. The Bertz CT molecular complexity index is 1160. The fourth-order valence-electron chi connectivity index (χ4n) is 2.86. The van der Waals surface area contributed by atoms with E-state index in [9.17, 15) is 14.9 Å². The first-order valence-electron chi connectivity index (χ1n) is 9.61. The standard InChI is InChI=1S/C23H22N4O5/c1-15-6-8-16(9-7-15)14-32-22-20(27(29)30)10-17(11-21(22)31-2)13-25-26-23(28)18-4-3-5-19(24)12-18/h3-13H,14,24H2,1-2H3,(H,26,28)/b25-13-. The van der Waals surface area contributed by atoms with Gasteiger partial charge >= 0.3 is 5.69 Å². The van der Waals surface area contributed by atoms with E-state index in [1.165, 1.54) is 31.5 Å². The van der Waals surface area contributed by atoms with Gasteiger partial charge in [-0.15, -0.1) is 0 Å². The number of hydrazone groups is 1. The number of nitrogen functional groups attached to an aromatic ring is 1. The van der Waals surface area contributed by atoms with E-state index in [2.05, 4.69) is 10.5 Å². The summed E-state index contributed by atoms with van der Waals surface area (Å²) < 4.78 is 11.0. The summed E-state index contributed by atoms with van der Waals surface area (Å²) in [5.41, 5.74) is 10.8. The molecule has 9 heteroatoms. The molecule has 0 aromatic heterocycles. The van der Waals surface area contributed by atoms with Crippen molar-refractivity contribution in [3.63, 3.8) is 0 Å². The van der Waals surface area contributed by atoms with Crippen molar-refractivity contribution in [1.29, 1.82) is 0 Å². The average Bonchev–Trinajstić information content (AvgIpc) is 2.78. The molecule has 0 saturated carbocycles. The molecule has 0 aliphatic carbocycles. The van der Waals surface area contributed by atoms with Crippen LogP contribution in [0.25, 0.3) is 0 Å². The van der Waals surface area contributed by atoms with Gasteiger partial charge in [-0.3, -0.25) is 14.9 Å². The molecule has 3 rings (SSSR count). The van der Waals surface area contributed by atoms with E-state index in [-0.39, 0.29) is 23.8 Å². The molecule has 0 unspecified atom stereocenters. The quantitative estimate of drug-likeness (QED) is 0.240. The van der Waals surface area contributed by atoms with Gasteiger partial charge in [0.25, 0.3) is 5.91 Å². The number of hydrogen-bond donors (Lipinski definition) is 2. The Labute approximate surface area is 184 Å². The van der Waals surface area contributed by atoms with Crippen LogP contribution in [0.1, 0.15) is 27.0 Å². The Hall–Kier alpha value is -4.40. The van der Waals surface area contributed by atoms with Gasteiger partial charge in [-0.25, -0.2) is 5.43 Å². The summed E-state index contributed by atoms with van der Waals surface area (Å²) in [5, 5.41) is 15.5. The van der Waals surface area contributed by atoms with Crippen molar-refractivity contribution in [2.75, 3.05) is 12.8 Å². The van der Waals surface area contributed by atoms with Gasteiger partial charge in [0.05, 0.1) is 18.2 Å². The molecule has 0 bridgehead atoms. The number of nitrogens with one attached hydrogen (secondary N) is 1. The lowest BCUT2D eigenvalue weighted by Crippen LogP contribution is -2.17. The number of carbonyl (C=O) groups is 1. The molecular weight excluding hydrogens is 412 g/mol. The fourth-order valence-corrected chi connectivity index (χ4v) is 2.86. The smallest absolute Gasteiger partial charge is 0.315 e. The zero-order chi connectivity index (χ0) is 23.1. The highest BCUT2D eigenvalue weighted by Gasteiger charge is 2.22. The van der Waals surface area contributed by atoms with Crippen LogP contribution in [-0.2, 0) is 6.61 Å². The topological polar surface area (TPSA) is 129 Å². The van der Waals surface area contributed by atoms with Crippen LogP contribution < -0.4 is 20.6 Å². The zero-order valence-electron chi connectivity index (χ0n) is 17.6. The third-order valence-corrected chi connectivity index (χ3v) is 4.51. The Morgan fingerprint density at radius 1 is 1.19 bits per heavy atom. The molecule has 0 saturated heterocycles. The van der Waals surface area contributed by atoms with Gasteiger partial charge in [0, 0.05) is 22.9 Å². The van der Waals surface area contributed by atoms with Crippen LogP contribution >= 0.6 is 0 Å². The summed E-state index contributed by atoms with van der Waals surface area (Å²) in [6, 6.07) is 16.9. The molecule has 32 heavy (non-hydrogen) atoms.